The summed E-state index contributed by atoms with van der Waals surface area (Å²) in [5.41, 5.74) is 0.986. The number of nitrogens with zero attached hydrogens (tertiary/aromatic N) is 1. The molecule has 0 aliphatic carbocycles. The first-order chi connectivity index (χ1) is 11.4. The van der Waals surface area contributed by atoms with Crippen LogP contribution in [0.5, 0.6) is 5.75 Å². The van der Waals surface area contributed by atoms with Crippen molar-refractivity contribution in [2.45, 2.75) is 19.1 Å². The first-order valence-corrected chi connectivity index (χ1v) is 7.26. The van der Waals surface area contributed by atoms with E-state index < -0.39 is 22.9 Å². The fraction of sp³-hybridized carbons (Fsp3) is 0.235. The third kappa shape index (κ3) is 4.08. The average molecular weight is 330 g/mol. The molecule has 0 amide bonds. The van der Waals surface area contributed by atoms with Crippen LogP contribution in [0.15, 0.2) is 48.5 Å². The highest BCUT2D eigenvalue weighted by Crippen LogP contribution is 2.27. The summed E-state index contributed by atoms with van der Waals surface area (Å²) in [4.78, 5) is 22.1. The van der Waals surface area contributed by atoms with Crippen LogP contribution in [-0.4, -0.2) is 29.0 Å². The Morgan fingerprint density at radius 2 is 1.92 bits per heavy atom. The van der Waals surface area contributed by atoms with Crippen LogP contribution in [0.1, 0.15) is 18.5 Å². The quantitative estimate of drug-likeness (QED) is 0.598. The molecule has 0 unspecified atom stereocenters. The molecule has 0 heterocycles. The van der Waals surface area contributed by atoms with E-state index in [2.05, 4.69) is 5.32 Å². The van der Waals surface area contributed by atoms with E-state index in [9.17, 15) is 20.0 Å². The molecule has 0 spiro atoms. The van der Waals surface area contributed by atoms with Crippen LogP contribution in [-0.2, 0) is 4.79 Å². The Balaban J connectivity index is 2.35. The number of hydrogen-bond donors (Lipinski definition) is 2. The third-order valence-corrected chi connectivity index (χ3v) is 3.58. The van der Waals surface area contributed by atoms with Crippen molar-refractivity contribution >= 4 is 17.2 Å². The molecule has 7 nitrogen and oxygen atoms in total. The van der Waals surface area contributed by atoms with E-state index in [4.69, 9.17) is 4.74 Å². The maximum Gasteiger partial charge on any atom is 0.269 e. The van der Waals surface area contributed by atoms with E-state index in [1.165, 1.54) is 25.1 Å². The number of ether oxygens (including phenoxy) is 1. The maximum absolute atomic E-state index is 11.6. The summed E-state index contributed by atoms with van der Waals surface area (Å²) in [6.45, 7) is 1.27. The zero-order chi connectivity index (χ0) is 17.7. The summed E-state index contributed by atoms with van der Waals surface area (Å²) >= 11 is 0. The number of hydrogen-bond acceptors (Lipinski definition) is 6. The predicted octanol–water partition coefficient (Wildman–Crippen LogP) is 2.71. The Kier molecular flexibility index (Phi) is 5.49. The minimum atomic E-state index is -1.34. The molecule has 0 saturated heterocycles. The molecular weight excluding hydrogens is 312 g/mol. The largest absolute Gasteiger partial charge is 0.497 e. The van der Waals surface area contributed by atoms with Crippen molar-refractivity contribution in [3.05, 3.63) is 64.2 Å². The molecule has 0 bridgehead atoms. The summed E-state index contributed by atoms with van der Waals surface area (Å²) in [6.07, 6.45) is -1.34. The fourth-order valence-electron chi connectivity index (χ4n) is 2.28. The normalized spacial score (nSPS) is 13.0. The van der Waals surface area contributed by atoms with Gasteiger partial charge in [-0.1, -0.05) is 12.1 Å². The smallest absolute Gasteiger partial charge is 0.269 e. The summed E-state index contributed by atoms with van der Waals surface area (Å²) in [5, 5.41) is 24.2. The molecular formula is C17H18N2O5. The Hall–Kier alpha value is -2.93. The van der Waals surface area contributed by atoms with Crippen molar-refractivity contribution < 1.29 is 19.6 Å². The second-order valence-electron chi connectivity index (χ2n) is 5.26. The molecule has 0 radical (unpaired) electrons. The number of aliphatic hydroxyl groups is 1. The number of benzene rings is 2. The minimum absolute atomic E-state index is 0.107. The lowest BCUT2D eigenvalue weighted by molar-refractivity contribution is -0.384. The number of nitro benzene ring substituents is 1. The van der Waals surface area contributed by atoms with Crippen LogP contribution in [0.4, 0.5) is 11.4 Å². The van der Waals surface area contributed by atoms with Crippen molar-refractivity contribution in [2.75, 3.05) is 12.4 Å². The molecule has 0 fully saturated rings. The molecule has 2 aromatic carbocycles. The topological polar surface area (TPSA) is 102 Å². The summed E-state index contributed by atoms with van der Waals surface area (Å²) in [7, 11) is 1.55. The van der Waals surface area contributed by atoms with Gasteiger partial charge in [-0.15, -0.1) is 0 Å². The molecule has 126 valence electrons. The van der Waals surface area contributed by atoms with E-state index in [1.54, 1.807) is 37.4 Å². The monoisotopic (exact) mass is 330 g/mol. The number of anilines is 1. The molecule has 0 aliphatic rings. The Morgan fingerprint density at radius 1 is 1.25 bits per heavy atom. The third-order valence-electron chi connectivity index (χ3n) is 3.58. The number of nitrogens with one attached hydrogen (secondary N) is 1. The molecule has 2 rings (SSSR count). The first-order valence-electron chi connectivity index (χ1n) is 7.26. The lowest BCUT2D eigenvalue weighted by atomic mass is 9.98. The number of non-ortho nitro benzene ring substituents is 1. The number of Topliss-reactive ketones (excluding diaryl/α,β-unsaturated/α-hetero) is 1. The standard InChI is InChI=1S/C17H18N2O5/c1-11(20)17(21)16(12-4-3-5-14(10-12)19(22)23)18-13-6-8-15(24-2)9-7-13/h3-10,16-18,21H,1-2H3/t16-,17+/m1/s1. The van der Waals surface area contributed by atoms with Crippen LogP contribution in [0.3, 0.4) is 0 Å². The van der Waals surface area contributed by atoms with Crippen molar-refractivity contribution in [1.82, 2.24) is 0 Å². The summed E-state index contributed by atoms with van der Waals surface area (Å²) in [6, 6.07) is 12.0. The van der Waals surface area contributed by atoms with Gasteiger partial charge in [0.2, 0.25) is 0 Å². The highest BCUT2D eigenvalue weighted by Gasteiger charge is 2.26. The first kappa shape index (κ1) is 17.4. The van der Waals surface area contributed by atoms with Gasteiger partial charge in [0.1, 0.15) is 11.9 Å². The Labute approximate surface area is 139 Å². The predicted molar refractivity (Wildman–Crippen MR) is 89.1 cm³/mol. The number of ketones is 1. The molecule has 2 atom stereocenters. The van der Waals surface area contributed by atoms with E-state index >= 15 is 0 Å². The summed E-state index contributed by atoms with van der Waals surface area (Å²) < 4.78 is 5.08. The van der Waals surface area contributed by atoms with Gasteiger partial charge in [0.15, 0.2) is 5.78 Å². The van der Waals surface area contributed by atoms with Crippen LogP contribution in [0.2, 0.25) is 0 Å². The number of methoxy groups -OCH3 is 1. The van der Waals surface area contributed by atoms with Gasteiger partial charge in [0.05, 0.1) is 18.1 Å². The van der Waals surface area contributed by atoms with E-state index in [1.807, 2.05) is 0 Å². The van der Waals surface area contributed by atoms with E-state index in [0.29, 0.717) is 17.0 Å². The second-order valence-corrected chi connectivity index (χ2v) is 5.26. The lowest BCUT2D eigenvalue weighted by Crippen LogP contribution is -2.31. The Morgan fingerprint density at radius 3 is 2.46 bits per heavy atom. The highest BCUT2D eigenvalue weighted by atomic mass is 16.6. The lowest BCUT2D eigenvalue weighted by Gasteiger charge is -2.24. The minimum Gasteiger partial charge on any atom is -0.497 e. The SMILES string of the molecule is COc1ccc(N[C@H](c2cccc([N+](=O)[O-])c2)[C@@H](O)C(C)=O)cc1. The van der Waals surface area contributed by atoms with Crippen LogP contribution in [0.25, 0.3) is 0 Å². The molecule has 2 N–H and O–H groups in total. The summed E-state index contributed by atoms with van der Waals surface area (Å²) in [5.74, 6) is 0.229. The number of rotatable bonds is 7. The average Bonchev–Trinajstić information content (AvgIpc) is 2.59. The number of nitro groups is 1. The second kappa shape index (κ2) is 7.56. The fourth-order valence-corrected chi connectivity index (χ4v) is 2.28. The Bertz CT molecular complexity index is 730. The van der Waals surface area contributed by atoms with Gasteiger partial charge in [-0.2, -0.15) is 0 Å². The van der Waals surface area contributed by atoms with Crippen LogP contribution in [0, 0.1) is 10.1 Å². The maximum atomic E-state index is 11.6. The number of carbonyl (C=O) groups excluding carboxylic acids is 1. The van der Waals surface area contributed by atoms with Crippen molar-refractivity contribution in [3.8, 4) is 5.75 Å². The van der Waals surface area contributed by atoms with Gasteiger partial charge in [0.25, 0.3) is 5.69 Å². The van der Waals surface area contributed by atoms with Gasteiger partial charge < -0.3 is 15.2 Å². The van der Waals surface area contributed by atoms with Crippen molar-refractivity contribution in [2.24, 2.45) is 0 Å². The van der Waals surface area contributed by atoms with Gasteiger partial charge in [-0.25, -0.2) is 0 Å². The molecule has 0 saturated carbocycles. The molecule has 7 heteroatoms. The zero-order valence-electron chi connectivity index (χ0n) is 13.3. The molecule has 0 aliphatic heterocycles. The highest BCUT2D eigenvalue weighted by molar-refractivity contribution is 5.81. The number of aliphatic hydroxyl groups excluding tert-OH is 1. The number of carbonyl (C=O) groups is 1. The van der Waals surface area contributed by atoms with Gasteiger partial charge >= 0.3 is 0 Å². The van der Waals surface area contributed by atoms with Gasteiger partial charge in [-0.3, -0.25) is 14.9 Å². The molecule has 0 aromatic heterocycles. The molecule has 24 heavy (non-hydrogen) atoms. The van der Waals surface area contributed by atoms with Gasteiger partial charge in [0, 0.05) is 17.8 Å². The van der Waals surface area contributed by atoms with E-state index in [0.717, 1.165) is 0 Å². The van der Waals surface area contributed by atoms with Crippen LogP contribution >= 0.6 is 0 Å². The van der Waals surface area contributed by atoms with Crippen molar-refractivity contribution in [3.63, 3.8) is 0 Å². The van der Waals surface area contributed by atoms with E-state index in [-0.39, 0.29) is 5.69 Å². The molecule has 2 aromatic rings. The van der Waals surface area contributed by atoms with Crippen molar-refractivity contribution in [1.29, 1.82) is 0 Å². The zero-order valence-corrected chi connectivity index (χ0v) is 13.3. The van der Waals surface area contributed by atoms with Gasteiger partial charge in [-0.05, 0) is 36.8 Å². The van der Waals surface area contributed by atoms with Crippen LogP contribution < -0.4 is 10.1 Å².